The van der Waals surface area contributed by atoms with E-state index in [1.165, 1.54) is 12.1 Å². The number of nitriles is 1. The lowest BCUT2D eigenvalue weighted by molar-refractivity contribution is -0.118. The largest absolute Gasteiger partial charge is 0.482 e. The first-order valence-corrected chi connectivity index (χ1v) is 5.87. The number of rotatable bonds is 4. The van der Waals surface area contributed by atoms with Gasteiger partial charge in [0, 0.05) is 5.69 Å². The average Bonchev–Trinajstić information content (AvgIpc) is 2.46. The summed E-state index contributed by atoms with van der Waals surface area (Å²) in [5.41, 5.74) is 0.431. The first-order valence-electron chi connectivity index (χ1n) is 5.87. The number of nitrogens with one attached hydrogen (secondary N) is 1. The van der Waals surface area contributed by atoms with Crippen molar-refractivity contribution in [2.75, 3.05) is 11.9 Å². The van der Waals surface area contributed by atoms with E-state index in [9.17, 15) is 9.18 Å². The smallest absolute Gasteiger partial charge is 0.262 e. The third-order valence-corrected chi connectivity index (χ3v) is 2.50. The molecule has 2 rings (SSSR count). The minimum absolute atomic E-state index is 0.0516. The van der Waals surface area contributed by atoms with Gasteiger partial charge in [-0.3, -0.25) is 4.79 Å². The molecule has 0 aliphatic rings. The third kappa shape index (κ3) is 3.33. The van der Waals surface area contributed by atoms with Gasteiger partial charge in [0.1, 0.15) is 23.2 Å². The van der Waals surface area contributed by atoms with Crippen molar-refractivity contribution < 1.29 is 13.9 Å². The van der Waals surface area contributed by atoms with Crippen LogP contribution in [-0.2, 0) is 4.79 Å². The molecule has 0 heterocycles. The summed E-state index contributed by atoms with van der Waals surface area (Å²) in [6.45, 7) is -0.299. The van der Waals surface area contributed by atoms with Gasteiger partial charge < -0.3 is 10.1 Å². The molecule has 0 saturated carbocycles. The molecule has 0 atom stereocenters. The second-order valence-corrected chi connectivity index (χ2v) is 3.93. The van der Waals surface area contributed by atoms with Crippen molar-refractivity contribution in [2.24, 2.45) is 0 Å². The summed E-state index contributed by atoms with van der Waals surface area (Å²) >= 11 is 0. The Bertz CT molecular complexity index is 651. The molecule has 0 bridgehead atoms. The van der Waals surface area contributed by atoms with Crippen LogP contribution in [-0.4, -0.2) is 12.5 Å². The summed E-state index contributed by atoms with van der Waals surface area (Å²) in [6, 6.07) is 14.6. The highest BCUT2D eigenvalue weighted by atomic mass is 19.1. The fraction of sp³-hybridized carbons (Fsp3) is 0.0667. The van der Waals surface area contributed by atoms with Crippen molar-refractivity contribution in [3.63, 3.8) is 0 Å². The fourth-order valence-electron chi connectivity index (χ4n) is 1.59. The minimum Gasteiger partial charge on any atom is -0.482 e. The van der Waals surface area contributed by atoms with E-state index in [2.05, 4.69) is 5.32 Å². The number of benzene rings is 2. The highest BCUT2D eigenvalue weighted by Gasteiger charge is 2.10. The Morgan fingerprint density at radius 3 is 2.65 bits per heavy atom. The normalized spacial score (nSPS) is 9.60. The highest BCUT2D eigenvalue weighted by Crippen LogP contribution is 2.20. The van der Waals surface area contributed by atoms with Crippen molar-refractivity contribution in [2.45, 2.75) is 0 Å². The average molecular weight is 270 g/mol. The topological polar surface area (TPSA) is 62.1 Å². The van der Waals surface area contributed by atoms with Gasteiger partial charge in [0.25, 0.3) is 5.91 Å². The van der Waals surface area contributed by atoms with Crippen LogP contribution in [0.1, 0.15) is 5.56 Å². The van der Waals surface area contributed by atoms with Crippen LogP contribution in [0.25, 0.3) is 0 Å². The van der Waals surface area contributed by atoms with Crippen LogP contribution >= 0.6 is 0 Å². The van der Waals surface area contributed by atoms with E-state index in [0.29, 0.717) is 5.69 Å². The van der Waals surface area contributed by atoms with Gasteiger partial charge >= 0.3 is 0 Å². The van der Waals surface area contributed by atoms with Gasteiger partial charge in [-0.25, -0.2) is 4.39 Å². The molecule has 0 aliphatic heterocycles. The zero-order chi connectivity index (χ0) is 14.4. The minimum atomic E-state index is -0.673. The van der Waals surface area contributed by atoms with Gasteiger partial charge in [-0.15, -0.1) is 0 Å². The Morgan fingerprint density at radius 1 is 1.20 bits per heavy atom. The molecule has 5 heteroatoms. The predicted octanol–water partition coefficient (Wildman–Crippen LogP) is 2.71. The summed E-state index contributed by atoms with van der Waals surface area (Å²) < 4.78 is 18.5. The summed E-state index contributed by atoms with van der Waals surface area (Å²) in [5, 5.41) is 11.5. The lowest BCUT2D eigenvalue weighted by Gasteiger charge is -2.08. The molecular weight excluding hydrogens is 259 g/mol. The summed E-state index contributed by atoms with van der Waals surface area (Å²) in [5.74, 6) is -1.01. The van der Waals surface area contributed by atoms with Crippen molar-refractivity contribution in [1.29, 1.82) is 5.26 Å². The molecule has 2 aromatic rings. The molecule has 2 aromatic carbocycles. The van der Waals surface area contributed by atoms with Gasteiger partial charge in [0.2, 0.25) is 0 Å². The van der Waals surface area contributed by atoms with E-state index < -0.39 is 5.82 Å². The number of nitrogens with zero attached hydrogens (tertiary/aromatic N) is 1. The van der Waals surface area contributed by atoms with E-state index in [1.54, 1.807) is 30.3 Å². The molecule has 0 aliphatic carbocycles. The zero-order valence-electron chi connectivity index (χ0n) is 10.5. The van der Waals surface area contributed by atoms with E-state index in [4.69, 9.17) is 10.00 Å². The van der Waals surface area contributed by atoms with Gasteiger partial charge in [-0.2, -0.15) is 5.26 Å². The van der Waals surface area contributed by atoms with E-state index in [-0.39, 0.29) is 23.8 Å². The molecule has 0 aromatic heterocycles. The molecular formula is C15H11FN2O2. The Balaban J connectivity index is 1.98. The maximum Gasteiger partial charge on any atom is 0.262 e. The molecule has 4 nitrogen and oxygen atoms in total. The number of para-hydroxylation sites is 1. The Labute approximate surface area is 115 Å². The number of amides is 1. The van der Waals surface area contributed by atoms with Crippen molar-refractivity contribution in [3.05, 3.63) is 59.9 Å². The molecule has 0 saturated heterocycles. The van der Waals surface area contributed by atoms with E-state index in [0.717, 1.165) is 6.07 Å². The summed E-state index contributed by atoms with van der Waals surface area (Å²) in [6.07, 6.45) is 0. The van der Waals surface area contributed by atoms with Crippen molar-refractivity contribution in [1.82, 2.24) is 0 Å². The van der Waals surface area contributed by atoms with Crippen LogP contribution in [0.15, 0.2) is 48.5 Å². The SMILES string of the molecule is N#Cc1c(F)cccc1OCC(=O)Nc1ccccc1. The Morgan fingerprint density at radius 2 is 1.95 bits per heavy atom. The molecule has 0 fully saturated rings. The number of halogens is 1. The Kier molecular flexibility index (Phi) is 4.30. The second-order valence-electron chi connectivity index (χ2n) is 3.93. The van der Waals surface area contributed by atoms with E-state index in [1.807, 2.05) is 6.07 Å². The van der Waals surface area contributed by atoms with Crippen LogP contribution in [0.4, 0.5) is 10.1 Å². The van der Waals surface area contributed by atoms with Crippen LogP contribution in [0, 0.1) is 17.1 Å². The van der Waals surface area contributed by atoms with E-state index >= 15 is 0 Å². The zero-order valence-corrected chi connectivity index (χ0v) is 10.5. The van der Waals surface area contributed by atoms with Gasteiger partial charge in [0.05, 0.1) is 0 Å². The molecule has 0 spiro atoms. The summed E-state index contributed by atoms with van der Waals surface area (Å²) in [4.78, 5) is 11.7. The molecule has 1 N–H and O–H groups in total. The number of hydrogen-bond acceptors (Lipinski definition) is 3. The molecule has 1 amide bonds. The number of carbonyl (C=O) groups is 1. The monoisotopic (exact) mass is 270 g/mol. The standard InChI is InChI=1S/C15H11FN2O2/c16-13-7-4-8-14(12(13)9-17)20-10-15(19)18-11-5-2-1-3-6-11/h1-8H,10H2,(H,18,19). The number of ether oxygens (including phenoxy) is 1. The molecule has 0 radical (unpaired) electrons. The van der Waals surface area contributed by atoms with Crippen molar-refractivity contribution >= 4 is 11.6 Å². The molecule has 0 unspecified atom stereocenters. The fourth-order valence-corrected chi connectivity index (χ4v) is 1.59. The van der Waals surface area contributed by atoms with Crippen molar-refractivity contribution in [3.8, 4) is 11.8 Å². The quantitative estimate of drug-likeness (QED) is 0.929. The number of carbonyl (C=O) groups excluding carboxylic acids is 1. The first kappa shape index (κ1) is 13.6. The first-order chi connectivity index (χ1) is 9.70. The Hall–Kier alpha value is -2.87. The van der Waals surface area contributed by atoms with Crippen LogP contribution in [0.5, 0.6) is 5.75 Å². The maximum absolute atomic E-state index is 13.3. The number of hydrogen-bond donors (Lipinski definition) is 1. The molecule has 100 valence electrons. The number of anilines is 1. The van der Waals surface area contributed by atoms with Gasteiger partial charge in [-0.05, 0) is 24.3 Å². The van der Waals surface area contributed by atoms with Crippen LogP contribution in [0.3, 0.4) is 0 Å². The maximum atomic E-state index is 13.3. The van der Waals surface area contributed by atoms with Gasteiger partial charge in [-0.1, -0.05) is 24.3 Å². The van der Waals surface area contributed by atoms with Crippen LogP contribution in [0.2, 0.25) is 0 Å². The van der Waals surface area contributed by atoms with Crippen LogP contribution < -0.4 is 10.1 Å². The summed E-state index contributed by atoms with van der Waals surface area (Å²) in [7, 11) is 0. The third-order valence-electron chi connectivity index (χ3n) is 2.50. The lowest BCUT2D eigenvalue weighted by Crippen LogP contribution is -2.20. The van der Waals surface area contributed by atoms with Gasteiger partial charge in [0.15, 0.2) is 6.61 Å². The second kappa shape index (κ2) is 6.34. The molecule has 20 heavy (non-hydrogen) atoms. The lowest BCUT2D eigenvalue weighted by atomic mass is 10.2. The highest BCUT2D eigenvalue weighted by molar-refractivity contribution is 5.91. The predicted molar refractivity (Wildman–Crippen MR) is 71.7 cm³/mol.